The Labute approximate surface area is 362 Å². The first kappa shape index (κ1) is 45.0. The zero-order valence-electron chi connectivity index (χ0n) is 29.7. The largest absolute Gasteiger partial charge is 1.00 e. The van der Waals surface area contributed by atoms with Gasteiger partial charge < -0.3 is 20.9 Å². The minimum Gasteiger partial charge on any atom is -0.748 e. The summed E-state index contributed by atoms with van der Waals surface area (Å²) in [5.41, 5.74) is 5.82. The minimum absolute atomic E-state index is 0. The summed E-state index contributed by atoms with van der Waals surface area (Å²) < 4.78 is 71.7. The number of benzene rings is 2. The van der Waals surface area contributed by atoms with Crippen LogP contribution < -0.4 is 93.6 Å². The van der Waals surface area contributed by atoms with E-state index in [2.05, 4.69) is 31.8 Å². The Kier molecular flexibility index (Phi) is 16.0. The molecule has 0 N–H and O–H groups in total. The predicted molar refractivity (Wildman–Crippen MR) is 181 cm³/mol. The number of allylic oxidation sites excluding steroid dienone is 8. The van der Waals surface area contributed by atoms with Crippen LogP contribution in [0.2, 0.25) is 0 Å². The number of pyridine rings is 1. The third kappa shape index (κ3) is 9.68. The quantitative estimate of drug-likeness (QED) is 0.0687. The van der Waals surface area contributed by atoms with E-state index in [4.69, 9.17) is 0 Å². The normalized spacial score (nSPS) is 17.4. The van der Waals surface area contributed by atoms with Crippen LogP contribution in [0, 0.1) is 13.0 Å². The average molecular weight is 740 g/mol. The second-order valence-electron chi connectivity index (χ2n) is 12.4. The molecule has 0 unspecified atom stereocenters. The third-order valence-electron chi connectivity index (χ3n) is 8.75. The maximum absolute atomic E-state index is 11.7. The molecule has 2 aliphatic rings. The molecule has 0 amide bonds. The third-order valence-corrected chi connectivity index (χ3v) is 10.3. The van der Waals surface area contributed by atoms with Crippen LogP contribution in [-0.2, 0) is 31.1 Å². The van der Waals surface area contributed by atoms with Gasteiger partial charge >= 0.3 is 88.7 Å². The van der Waals surface area contributed by atoms with Gasteiger partial charge in [0.25, 0.3) is 0 Å². The minimum atomic E-state index is -4.61. The summed E-state index contributed by atoms with van der Waals surface area (Å²) in [4.78, 5) is 5.88. The van der Waals surface area contributed by atoms with E-state index in [0.29, 0.717) is 6.54 Å². The first-order chi connectivity index (χ1) is 22.1. The van der Waals surface area contributed by atoms with Crippen molar-refractivity contribution >= 4 is 42.9 Å². The van der Waals surface area contributed by atoms with Crippen molar-refractivity contribution in [3.05, 3.63) is 133 Å². The Morgan fingerprint density at radius 3 is 2.26 bits per heavy atom. The van der Waals surface area contributed by atoms with E-state index in [1.54, 1.807) is 24.5 Å². The van der Waals surface area contributed by atoms with Crippen LogP contribution >= 0.6 is 0 Å². The summed E-state index contributed by atoms with van der Waals surface area (Å²) >= 11 is 0. The Hall–Kier alpha value is -1.16. The van der Waals surface area contributed by atoms with Crippen molar-refractivity contribution in [2.24, 2.45) is 0 Å². The van der Waals surface area contributed by atoms with Gasteiger partial charge in [-0.3, -0.25) is 4.98 Å². The summed E-state index contributed by atoms with van der Waals surface area (Å²) in [6.07, 6.45) is 15.0. The van der Waals surface area contributed by atoms with E-state index in [1.165, 1.54) is 12.1 Å². The first-order valence-electron chi connectivity index (χ1n) is 15.0. The monoisotopic (exact) mass is 739 g/mol. The van der Waals surface area contributed by atoms with Crippen LogP contribution in [-0.4, -0.2) is 60.1 Å². The molecule has 50 heavy (non-hydrogen) atoms. The zero-order valence-corrected chi connectivity index (χ0v) is 37.3. The number of rotatable bonds is 10. The molecule has 5 rings (SSSR count). The molecule has 2 aliphatic heterocycles. The van der Waals surface area contributed by atoms with Crippen molar-refractivity contribution in [3.8, 4) is 0 Å². The summed E-state index contributed by atoms with van der Waals surface area (Å²) in [6, 6.07) is 16.9. The molecule has 0 fully saturated rings. The number of hydrogen-bond acceptors (Lipinski definition) is 8. The van der Waals surface area contributed by atoms with E-state index in [-0.39, 0.29) is 100 Å². The molecule has 1 aromatic heterocycles. The molecule has 2 aromatic carbocycles. The molecule has 0 saturated heterocycles. The molecular formula is C36H36N3Na3O6S2. The average Bonchev–Trinajstić information content (AvgIpc) is 3.36. The second-order valence-corrected chi connectivity index (χ2v) is 15.3. The van der Waals surface area contributed by atoms with Gasteiger partial charge in [0.2, 0.25) is 0 Å². The number of aromatic nitrogens is 1. The van der Waals surface area contributed by atoms with Crippen LogP contribution in [0.25, 0.3) is 5.57 Å². The fraction of sp³-hybridized carbons (Fsp3) is 0.250. The van der Waals surface area contributed by atoms with Gasteiger partial charge in [0.15, 0.2) is 12.3 Å². The van der Waals surface area contributed by atoms with Crippen molar-refractivity contribution in [1.29, 1.82) is 0 Å². The fourth-order valence-electron chi connectivity index (χ4n) is 6.33. The predicted octanol–water partition coefficient (Wildman–Crippen LogP) is -3.57. The standard InChI is InChI=1S/C36H38N3O6S2.3Na/c1-6-38-32-18-17-28(47(43,44)45)25-30(32)36(4,5)33(38)15-9-11-26(27-19-21-37-22-20-27)12-10-16-34-35(2,3)29-13-7-8-14-31(29)39(34)23-24-46(40,41)42;;;/h8-22,25H,1,6,23-24H2,2-5H3,(H,40,41,42)(H,43,44,45);;;/q-1;3*+1/p-2. The van der Waals surface area contributed by atoms with Crippen LogP contribution in [0.5, 0.6) is 0 Å². The molecule has 0 atom stereocenters. The van der Waals surface area contributed by atoms with Crippen LogP contribution in [0.4, 0.5) is 11.4 Å². The Balaban J connectivity index is 0.00000289. The summed E-state index contributed by atoms with van der Waals surface area (Å²) in [5, 5.41) is 0. The molecule has 0 spiro atoms. The van der Waals surface area contributed by atoms with E-state index in [1.807, 2.05) is 84.0 Å². The van der Waals surface area contributed by atoms with Crippen molar-refractivity contribution in [1.82, 2.24) is 4.98 Å². The van der Waals surface area contributed by atoms with Gasteiger partial charge in [0.1, 0.15) is 25.9 Å². The summed E-state index contributed by atoms with van der Waals surface area (Å²) in [7, 11) is -9.03. The molecule has 0 bridgehead atoms. The van der Waals surface area contributed by atoms with Crippen molar-refractivity contribution in [2.45, 2.75) is 43.4 Å². The van der Waals surface area contributed by atoms with E-state index in [0.717, 1.165) is 45.0 Å². The van der Waals surface area contributed by atoms with Gasteiger partial charge in [-0.15, -0.1) is 12.6 Å². The Morgan fingerprint density at radius 2 is 1.64 bits per heavy atom. The van der Waals surface area contributed by atoms with Gasteiger partial charge in [-0.05, 0) is 53.1 Å². The smallest absolute Gasteiger partial charge is 0.748 e. The molecule has 0 aliphatic carbocycles. The van der Waals surface area contributed by atoms with Gasteiger partial charge in [0, 0.05) is 40.7 Å². The van der Waals surface area contributed by atoms with Crippen LogP contribution in [0.15, 0.2) is 108 Å². The number of fused-ring (bicyclic) bond motifs is 2. The van der Waals surface area contributed by atoms with Gasteiger partial charge in [-0.1, -0.05) is 57.6 Å². The molecule has 0 radical (unpaired) electrons. The van der Waals surface area contributed by atoms with Gasteiger partial charge in [-0.2, -0.15) is 18.2 Å². The molecule has 0 saturated carbocycles. The number of anilines is 1. The van der Waals surface area contributed by atoms with Gasteiger partial charge in [0.05, 0.1) is 10.6 Å². The van der Waals surface area contributed by atoms with Crippen molar-refractivity contribution < 1.29 is 119 Å². The van der Waals surface area contributed by atoms with Crippen LogP contribution in [0.3, 0.4) is 0 Å². The molecule has 9 nitrogen and oxygen atoms in total. The molecule has 3 heterocycles. The Bertz CT molecular complexity index is 2090. The van der Waals surface area contributed by atoms with Gasteiger partial charge in [-0.25, -0.2) is 21.4 Å². The summed E-state index contributed by atoms with van der Waals surface area (Å²) in [6.45, 7) is 12.6. The topological polar surface area (TPSA) is 134 Å². The molecule has 246 valence electrons. The number of nitrogens with zero attached hydrogens (tertiary/aromatic N) is 3. The first-order valence-corrected chi connectivity index (χ1v) is 18.0. The summed E-state index contributed by atoms with van der Waals surface area (Å²) in [5.74, 6) is -0.521. The van der Waals surface area contributed by atoms with E-state index < -0.39 is 36.8 Å². The second kappa shape index (κ2) is 17.8. The number of hydrogen-bond donors (Lipinski definition) is 0. The SMILES string of the molecule is [CH2-]CN1/C(=C/C=C/C(=C/C=C/C2=[N+](CCS(=O)(=O)[O-])c3cc[c-]cc3C2(C)C)c2ccncc2)C(C)(C)c2cc(S(=O)(=O)[O-])ccc21.[Na+].[Na+].[Na+]. The van der Waals surface area contributed by atoms with Crippen molar-refractivity contribution in [2.75, 3.05) is 23.7 Å². The fourth-order valence-corrected chi connectivity index (χ4v) is 7.24. The van der Waals surface area contributed by atoms with E-state index >= 15 is 0 Å². The van der Waals surface area contributed by atoms with Crippen LogP contribution in [0.1, 0.15) is 44.4 Å². The zero-order chi connectivity index (χ0) is 34.2. The Morgan fingerprint density at radius 1 is 0.960 bits per heavy atom. The van der Waals surface area contributed by atoms with E-state index in [9.17, 15) is 25.9 Å². The maximum atomic E-state index is 11.7. The molecular weight excluding hydrogens is 704 g/mol. The maximum Gasteiger partial charge on any atom is 1.00 e. The van der Waals surface area contributed by atoms with Crippen molar-refractivity contribution in [3.63, 3.8) is 0 Å². The molecule has 3 aromatic rings. The molecule has 14 heteroatoms.